The second-order valence-corrected chi connectivity index (χ2v) is 7.02. The summed E-state index contributed by atoms with van der Waals surface area (Å²) in [5.41, 5.74) is 6.44. The van der Waals surface area contributed by atoms with Gasteiger partial charge in [-0.25, -0.2) is 0 Å². The van der Waals surface area contributed by atoms with Crippen molar-refractivity contribution >= 4 is 39.3 Å². The van der Waals surface area contributed by atoms with E-state index in [1.807, 2.05) is 24.3 Å². The highest BCUT2D eigenvalue weighted by molar-refractivity contribution is 9.10. The highest BCUT2D eigenvalue weighted by Gasteiger charge is 2.14. The van der Waals surface area contributed by atoms with Gasteiger partial charge in [-0.05, 0) is 35.9 Å². The Morgan fingerprint density at radius 3 is 2.62 bits per heavy atom. The molecule has 2 aromatic carbocycles. The molecule has 0 unspecified atom stereocenters. The van der Waals surface area contributed by atoms with Gasteiger partial charge in [-0.2, -0.15) is 0 Å². The largest absolute Gasteiger partial charge is 0.411 e. The van der Waals surface area contributed by atoms with Crippen LogP contribution in [0.4, 0.5) is 5.69 Å². The van der Waals surface area contributed by atoms with Crippen LogP contribution in [0.25, 0.3) is 11.5 Å². The van der Waals surface area contributed by atoms with Crippen LogP contribution in [0, 0.1) is 10.1 Å². The van der Waals surface area contributed by atoms with E-state index < -0.39 is 10.8 Å². The lowest BCUT2D eigenvalue weighted by atomic mass is 10.1. The Morgan fingerprint density at radius 2 is 1.96 bits per heavy atom. The second kappa shape index (κ2) is 7.67. The molecular formula is C16H11BrN4O4S. The number of amides is 1. The lowest BCUT2D eigenvalue weighted by Gasteiger charge is -2.02. The van der Waals surface area contributed by atoms with Crippen molar-refractivity contribution in [3.8, 4) is 11.5 Å². The number of rotatable bonds is 6. The molecule has 0 fully saturated rings. The van der Waals surface area contributed by atoms with Crippen LogP contribution in [-0.4, -0.2) is 21.0 Å². The molecule has 3 aromatic rings. The van der Waals surface area contributed by atoms with Crippen LogP contribution in [0.3, 0.4) is 0 Å². The molecule has 1 amide bonds. The number of non-ortho nitro benzene ring substituents is 1. The molecule has 0 radical (unpaired) electrons. The van der Waals surface area contributed by atoms with Gasteiger partial charge in [0.15, 0.2) is 0 Å². The quantitative estimate of drug-likeness (QED) is 0.355. The van der Waals surface area contributed by atoms with Gasteiger partial charge in [-0.1, -0.05) is 27.7 Å². The fourth-order valence-corrected chi connectivity index (χ4v) is 3.08. The Balaban J connectivity index is 1.76. The number of primary amides is 1. The zero-order valence-corrected chi connectivity index (χ0v) is 15.5. The van der Waals surface area contributed by atoms with Gasteiger partial charge in [0, 0.05) is 33.5 Å². The summed E-state index contributed by atoms with van der Waals surface area (Å²) < 4.78 is 6.52. The van der Waals surface area contributed by atoms with Crippen molar-refractivity contribution in [3.05, 3.63) is 68.2 Å². The molecule has 3 rings (SSSR count). The summed E-state index contributed by atoms with van der Waals surface area (Å²) in [4.78, 5) is 21.8. The number of hydrogen-bond acceptors (Lipinski definition) is 7. The minimum atomic E-state index is -0.727. The van der Waals surface area contributed by atoms with E-state index in [1.165, 1.54) is 23.9 Å². The first-order valence-corrected chi connectivity index (χ1v) is 9.00. The van der Waals surface area contributed by atoms with Gasteiger partial charge >= 0.3 is 0 Å². The van der Waals surface area contributed by atoms with Crippen molar-refractivity contribution in [2.45, 2.75) is 11.0 Å². The summed E-state index contributed by atoms with van der Waals surface area (Å²) in [5, 5.41) is 19.2. The van der Waals surface area contributed by atoms with E-state index in [9.17, 15) is 14.9 Å². The van der Waals surface area contributed by atoms with Crippen LogP contribution in [0.1, 0.15) is 15.9 Å². The lowest BCUT2D eigenvalue weighted by Crippen LogP contribution is -2.11. The molecule has 0 atom stereocenters. The summed E-state index contributed by atoms with van der Waals surface area (Å²) in [5.74, 6) is -0.0451. The number of benzene rings is 2. The molecule has 1 aromatic heterocycles. The van der Waals surface area contributed by atoms with Crippen molar-refractivity contribution in [2.24, 2.45) is 5.73 Å². The Kier molecular flexibility index (Phi) is 5.33. The molecule has 8 nitrogen and oxygen atoms in total. The molecule has 0 aliphatic carbocycles. The molecule has 26 heavy (non-hydrogen) atoms. The third-order valence-corrected chi connectivity index (χ3v) is 4.75. The predicted octanol–water partition coefficient (Wildman–Crippen LogP) is 3.80. The molecule has 0 saturated carbocycles. The maximum Gasteiger partial charge on any atom is 0.277 e. The predicted molar refractivity (Wildman–Crippen MR) is 98.6 cm³/mol. The average Bonchev–Trinajstić information content (AvgIpc) is 3.09. The molecular weight excluding hydrogens is 424 g/mol. The number of halogens is 1. The molecule has 0 spiro atoms. The fraction of sp³-hybridized carbons (Fsp3) is 0.0625. The van der Waals surface area contributed by atoms with Crippen molar-refractivity contribution < 1.29 is 14.1 Å². The van der Waals surface area contributed by atoms with E-state index in [2.05, 4.69) is 26.1 Å². The molecule has 1 heterocycles. The molecule has 132 valence electrons. The lowest BCUT2D eigenvalue weighted by molar-refractivity contribution is -0.384. The summed E-state index contributed by atoms with van der Waals surface area (Å²) in [6.07, 6.45) is 0. The number of thioether (sulfide) groups is 1. The highest BCUT2D eigenvalue weighted by Crippen LogP contribution is 2.28. The summed E-state index contributed by atoms with van der Waals surface area (Å²) in [6.45, 7) is 0. The van der Waals surface area contributed by atoms with E-state index >= 15 is 0 Å². The Labute approximate surface area is 160 Å². The highest BCUT2D eigenvalue weighted by atomic mass is 79.9. The molecule has 2 N–H and O–H groups in total. The van der Waals surface area contributed by atoms with Gasteiger partial charge in [0.1, 0.15) is 0 Å². The second-order valence-electron chi connectivity index (χ2n) is 5.18. The molecule has 0 bridgehead atoms. The first kappa shape index (κ1) is 18.1. The van der Waals surface area contributed by atoms with Gasteiger partial charge in [0.2, 0.25) is 11.8 Å². The Morgan fingerprint density at radius 1 is 1.23 bits per heavy atom. The van der Waals surface area contributed by atoms with Crippen LogP contribution < -0.4 is 5.73 Å². The van der Waals surface area contributed by atoms with Crippen LogP contribution in [0.2, 0.25) is 0 Å². The van der Waals surface area contributed by atoms with Gasteiger partial charge < -0.3 is 10.2 Å². The number of carbonyl (C=O) groups excluding carboxylic acids is 1. The first-order valence-electron chi connectivity index (χ1n) is 7.23. The average molecular weight is 435 g/mol. The van der Waals surface area contributed by atoms with Crippen molar-refractivity contribution in [1.29, 1.82) is 0 Å². The first-order chi connectivity index (χ1) is 12.4. The minimum Gasteiger partial charge on any atom is -0.411 e. The summed E-state index contributed by atoms with van der Waals surface area (Å²) in [6, 6.07) is 11.4. The van der Waals surface area contributed by atoms with E-state index in [0.717, 1.165) is 16.1 Å². The van der Waals surface area contributed by atoms with E-state index in [-0.39, 0.29) is 11.3 Å². The fourth-order valence-electron chi connectivity index (χ4n) is 2.13. The molecule has 0 saturated heterocycles. The summed E-state index contributed by atoms with van der Waals surface area (Å²) >= 11 is 4.56. The van der Waals surface area contributed by atoms with Gasteiger partial charge in [0.05, 0.1) is 4.92 Å². The number of aromatic nitrogens is 2. The monoisotopic (exact) mass is 434 g/mol. The molecule has 10 heteroatoms. The maximum atomic E-state index is 11.3. The van der Waals surface area contributed by atoms with Crippen LogP contribution in [0.5, 0.6) is 0 Å². The van der Waals surface area contributed by atoms with Gasteiger partial charge in [0.25, 0.3) is 10.9 Å². The summed E-state index contributed by atoms with van der Waals surface area (Å²) in [7, 11) is 0. The van der Waals surface area contributed by atoms with E-state index in [0.29, 0.717) is 22.4 Å². The zero-order chi connectivity index (χ0) is 18.7. The molecule has 0 aliphatic heterocycles. The number of nitrogens with two attached hydrogens (primary N) is 1. The number of nitro groups is 1. The SMILES string of the molecule is NC(=O)c1cc(CSc2nnc(-c3ccc(Br)cc3)o2)cc([N+](=O)[O-])c1. The third-order valence-electron chi connectivity index (χ3n) is 3.33. The number of nitrogens with zero attached hydrogens (tertiary/aromatic N) is 3. The van der Waals surface area contributed by atoms with Crippen molar-refractivity contribution in [2.75, 3.05) is 0 Å². The van der Waals surface area contributed by atoms with Crippen LogP contribution in [-0.2, 0) is 5.75 Å². The Hall–Kier alpha value is -2.72. The van der Waals surface area contributed by atoms with E-state index in [1.54, 1.807) is 0 Å². The zero-order valence-electron chi connectivity index (χ0n) is 13.1. The smallest absolute Gasteiger partial charge is 0.277 e. The topological polar surface area (TPSA) is 125 Å². The van der Waals surface area contributed by atoms with Crippen LogP contribution in [0.15, 0.2) is 56.6 Å². The Bertz CT molecular complexity index is 942. The maximum absolute atomic E-state index is 11.3. The van der Waals surface area contributed by atoms with E-state index in [4.69, 9.17) is 10.2 Å². The van der Waals surface area contributed by atoms with Crippen molar-refractivity contribution in [1.82, 2.24) is 10.2 Å². The molecule has 0 aliphatic rings. The number of hydrogen-bond donors (Lipinski definition) is 1. The minimum absolute atomic E-state index is 0.0795. The third kappa shape index (κ3) is 4.27. The van der Waals surface area contributed by atoms with Crippen molar-refractivity contribution in [3.63, 3.8) is 0 Å². The number of nitro benzene ring substituents is 1. The standard InChI is InChI=1S/C16H11BrN4O4S/c17-12-3-1-10(2-4-12)15-19-20-16(25-15)26-8-9-5-11(14(18)22)7-13(6-9)21(23)24/h1-7H,8H2,(H2,18,22). The normalized spacial score (nSPS) is 10.7. The number of carbonyl (C=O) groups is 1. The van der Waals surface area contributed by atoms with Crippen LogP contribution >= 0.6 is 27.7 Å². The van der Waals surface area contributed by atoms with Gasteiger partial charge in [-0.15, -0.1) is 10.2 Å². The van der Waals surface area contributed by atoms with Gasteiger partial charge in [-0.3, -0.25) is 14.9 Å².